The summed E-state index contributed by atoms with van der Waals surface area (Å²) in [4.78, 5) is 7.95. The van der Waals surface area contributed by atoms with E-state index in [9.17, 15) is 0 Å². The molecule has 0 radical (unpaired) electrons. The highest BCUT2D eigenvalue weighted by Crippen LogP contribution is 2.21. The number of nitriles is 1. The fraction of sp³-hybridized carbons (Fsp3) is 0. The van der Waals surface area contributed by atoms with E-state index < -0.39 is 0 Å². The highest BCUT2D eigenvalue weighted by Gasteiger charge is 2.10. The molecule has 3 aromatic rings. The maximum atomic E-state index is 9.09. The molecule has 0 fully saturated rings. The number of benzene rings is 1. The van der Waals surface area contributed by atoms with Crippen LogP contribution in [0.5, 0.6) is 0 Å². The molecule has 0 aliphatic heterocycles. The monoisotopic (exact) mass is 254 g/mol. The van der Waals surface area contributed by atoms with Crippen LogP contribution in [0, 0.1) is 11.3 Å². The Kier molecular flexibility index (Phi) is 2.47. The van der Waals surface area contributed by atoms with Crippen molar-refractivity contribution in [2.75, 3.05) is 0 Å². The first-order valence-electron chi connectivity index (χ1n) is 5.29. The van der Waals surface area contributed by atoms with E-state index in [0.29, 0.717) is 11.4 Å². The summed E-state index contributed by atoms with van der Waals surface area (Å²) in [6, 6.07) is 11.9. The molecule has 0 bridgehead atoms. The number of nitrogens with zero attached hydrogens (tertiary/aromatic N) is 4. The molecule has 0 spiro atoms. The van der Waals surface area contributed by atoms with Crippen LogP contribution in [0.1, 0.15) is 5.56 Å². The Labute approximate surface area is 108 Å². The lowest BCUT2D eigenvalue weighted by atomic mass is 10.2. The molecular weight excluding hydrogens is 248 g/mol. The van der Waals surface area contributed by atoms with Gasteiger partial charge in [0, 0.05) is 6.20 Å². The minimum atomic E-state index is 0.127. The maximum absolute atomic E-state index is 9.09. The Morgan fingerprint density at radius 2 is 2.06 bits per heavy atom. The van der Waals surface area contributed by atoms with Crippen LogP contribution in [0.25, 0.3) is 16.7 Å². The molecule has 0 aliphatic rings. The number of aromatic nitrogens is 3. The Morgan fingerprint density at radius 1 is 1.22 bits per heavy atom. The second kappa shape index (κ2) is 4.13. The molecule has 4 nitrogen and oxygen atoms in total. The van der Waals surface area contributed by atoms with Crippen molar-refractivity contribution in [1.82, 2.24) is 14.5 Å². The minimum absolute atomic E-state index is 0.127. The van der Waals surface area contributed by atoms with Gasteiger partial charge in [0.1, 0.15) is 11.6 Å². The van der Waals surface area contributed by atoms with E-state index in [1.807, 2.05) is 41.1 Å². The molecule has 0 aliphatic carbocycles. The Morgan fingerprint density at radius 3 is 2.89 bits per heavy atom. The van der Waals surface area contributed by atoms with Crippen molar-refractivity contribution in [2.24, 2.45) is 0 Å². The molecule has 18 heavy (non-hydrogen) atoms. The third kappa shape index (κ3) is 1.62. The molecule has 3 rings (SSSR count). The Hall–Kier alpha value is -2.38. The topological polar surface area (TPSA) is 54.5 Å². The van der Waals surface area contributed by atoms with Crippen LogP contribution in [-0.4, -0.2) is 14.5 Å². The van der Waals surface area contributed by atoms with Gasteiger partial charge in [-0.3, -0.25) is 4.57 Å². The number of para-hydroxylation sites is 1. The molecule has 0 saturated carbocycles. The van der Waals surface area contributed by atoms with Crippen molar-refractivity contribution in [3.63, 3.8) is 0 Å². The number of rotatable bonds is 1. The average Bonchev–Trinajstić information content (AvgIpc) is 2.82. The molecule has 0 amide bonds. The van der Waals surface area contributed by atoms with E-state index in [2.05, 4.69) is 16.0 Å². The quantitative estimate of drug-likeness (QED) is 0.628. The zero-order chi connectivity index (χ0) is 12.5. The van der Waals surface area contributed by atoms with E-state index in [0.717, 1.165) is 10.9 Å². The lowest BCUT2D eigenvalue weighted by Gasteiger charge is -2.06. The fourth-order valence-corrected chi connectivity index (χ4v) is 2.01. The highest BCUT2D eigenvalue weighted by molar-refractivity contribution is 6.28. The molecule has 2 heterocycles. The van der Waals surface area contributed by atoms with Crippen LogP contribution < -0.4 is 0 Å². The number of fused-ring (bicyclic) bond motifs is 1. The van der Waals surface area contributed by atoms with Gasteiger partial charge in [0.05, 0.1) is 11.7 Å². The molecule has 0 saturated heterocycles. The Bertz CT molecular complexity index is 770. The Balaban J connectivity index is 2.33. The smallest absolute Gasteiger partial charge is 0.224 e. The van der Waals surface area contributed by atoms with E-state index in [4.69, 9.17) is 16.9 Å². The van der Waals surface area contributed by atoms with Gasteiger partial charge < -0.3 is 0 Å². The standard InChI is InChI=1S/C13H7ClN4/c14-13-16-8-10(7-15)12(17-13)18-6-5-9-3-1-2-4-11(9)18/h1-6,8H. The normalized spacial score (nSPS) is 10.4. The van der Waals surface area contributed by atoms with Crippen molar-refractivity contribution in [1.29, 1.82) is 5.26 Å². The zero-order valence-electron chi connectivity index (χ0n) is 9.21. The van der Waals surface area contributed by atoms with Gasteiger partial charge >= 0.3 is 0 Å². The third-order valence-electron chi connectivity index (χ3n) is 2.69. The summed E-state index contributed by atoms with van der Waals surface area (Å²) in [5, 5.41) is 10.3. The van der Waals surface area contributed by atoms with E-state index in [1.54, 1.807) is 0 Å². The van der Waals surface area contributed by atoms with Crippen LogP contribution >= 0.6 is 11.6 Å². The minimum Gasteiger partial charge on any atom is -0.300 e. The summed E-state index contributed by atoms with van der Waals surface area (Å²) >= 11 is 5.80. The van der Waals surface area contributed by atoms with Gasteiger partial charge in [-0.2, -0.15) is 10.2 Å². The van der Waals surface area contributed by atoms with Crippen LogP contribution in [0.15, 0.2) is 42.7 Å². The summed E-state index contributed by atoms with van der Waals surface area (Å²) in [6.45, 7) is 0. The van der Waals surface area contributed by atoms with Crippen LogP contribution in [-0.2, 0) is 0 Å². The predicted octanol–water partition coefficient (Wildman–Crippen LogP) is 2.95. The first-order valence-corrected chi connectivity index (χ1v) is 5.66. The van der Waals surface area contributed by atoms with Gasteiger partial charge in [0.15, 0.2) is 5.82 Å². The van der Waals surface area contributed by atoms with Crippen molar-refractivity contribution < 1.29 is 0 Å². The molecule has 0 N–H and O–H groups in total. The van der Waals surface area contributed by atoms with E-state index in [-0.39, 0.29) is 5.28 Å². The number of hydrogen-bond donors (Lipinski definition) is 0. The molecule has 0 atom stereocenters. The SMILES string of the molecule is N#Cc1cnc(Cl)nc1-n1ccc2ccccc21. The summed E-state index contributed by atoms with van der Waals surface area (Å²) in [5.41, 5.74) is 1.37. The lowest BCUT2D eigenvalue weighted by molar-refractivity contribution is 1.00. The molecule has 86 valence electrons. The van der Waals surface area contributed by atoms with Crippen LogP contribution in [0.3, 0.4) is 0 Å². The molecule has 5 heteroatoms. The van der Waals surface area contributed by atoms with Crippen molar-refractivity contribution in [3.05, 3.63) is 53.6 Å². The first-order chi connectivity index (χ1) is 8.79. The van der Waals surface area contributed by atoms with Crippen molar-refractivity contribution >= 4 is 22.5 Å². The summed E-state index contributed by atoms with van der Waals surface area (Å²) in [6.07, 6.45) is 3.30. The maximum Gasteiger partial charge on any atom is 0.224 e. The first kappa shape index (κ1) is 10.8. The summed E-state index contributed by atoms with van der Waals surface area (Å²) in [7, 11) is 0. The molecule has 0 unspecified atom stereocenters. The second-order valence-corrected chi connectivity index (χ2v) is 4.07. The van der Waals surface area contributed by atoms with Gasteiger partial charge in [-0.05, 0) is 29.1 Å². The summed E-state index contributed by atoms with van der Waals surface area (Å²) < 4.78 is 1.83. The van der Waals surface area contributed by atoms with Crippen molar-refractivity contribution in [2.45, 2.75) is 0 Å². The molecule has 1 aromatic carbocycles. The average molecular weight is 255 g/mol. The van der Waals surface area contributed by atoms with Gasteiger partial charge in [0.25, 0.3) is 0 Å². The van der Waals surface area contributed by atoms with E-state index in [1.165, 1.54) is 6.20 Å². The van der Waals surface area contributed by atoms with Crippen LogP contribution in [0.2, 0.25) is 5.28 Å². The largest absolute Gasteiger partial charge is 0.300 e. The van der Waals surface area contributed by atoms with Gasteiger partial charge in [-0.25, -0.2) is 4.98 Å². The number of hydrogen-bond acceptors (Lipinski definition) is 3. The van der Waals surface area contributed by atoms with Gasteiger partial charge in [-0.1, -0.05) is 18.2 Å². The highest BCUT2D eigenvalue weighted by atomic mass is 35.5. The fourth-order valence-electron chi connectivity index (χ4n) is 1.88. The number of halogens is 1. The zero-order valence-corrected chi connectivity index (χ0v) is 9.96. The van der Waals surface area contributed by atoms with E-state index >= 15 is 0 Å². The van der Waals surface area contributed by atoms with Crippen LogP contribution in [0.4, 0.5) is 0 Å². The molecular formula is C13H7ClN4. The van der Waals surface area contributed by atoms with Gasteiger partial charge in [0.2, 0.25) is 5.28 Å². The predicted molar refractivity (Wildman–Crippen MR) is 68.6 cm³/mol. The van der Waals surface area contributed by atoms with Crippen molar-refractivity contribution in [3.8, 4) is 11.9 Å². The summed E-state index contributed by atoms with van der Waals surface area (Å²) in [5.74, 6) is 0.499. The molecule has 2 aromatic heterocycles. The lowest BCUT2D eigenvalue weighted by Crippen LogP contribution is -2.01. The van der Waals surface area contributed by atoms with Gasteiger partial charge in [-0.15, -0.1) is 0 Å². The third-order valence-corrected chi connectivity index (χ3v) is 2.87. The second-order valence-electron chi connectivity index (χ2n) is 3.73.